The minimum absolute atomic E-state index is 0.855. The number of benzene rings is 2. The van der Waals surface area contributed by atoms with E-state index in [1.807, 2.05) is 60.8 Å². The number of rotatable bonds is 0. The summed E-state index contributed by atoms with van der Waals surface area (Å²) in [6.07, 6.45) is 3.81. The van der Waals surface area contributed by atoms with Crippen LogP contribution in [0.15, 0.2) is 67.0 Å². The Morgan fingerprint density at radius 3 is 2.28 bits per heavy atom. The lowest BCUT2D eigenvalue weighted by molar-refractivity contribution is 1.23. The van der Waals surface area contributed by atoms with E-state index in [2.05, 4.69) is 9.38 Å². The van der Waals surface area contributed by atoms with Crippen LogP contribution in [-0.4, -0.2) is 24.3 Å². The molecule has 0 unspecified atom stereocenters. The summed E-state index contributed by atoms with van der Waals surface area (Å²) in [6, 6.07) is 17.9. The summed E-state index contributed by atoms with van der Waals surface area (Å²) in [5.41, 5.74) is 7.03. The van der Waals surface area contributed by atoms with Crippen LogP contribution in [0.1, 0.15) is 0 Å². The first-order valence-electron chi connectivity index (χ1n) is 8.10. The molecule has 0 fully saturated rings. The van der Waals surface area contributed by atoms with Gasteiger partial charge in [0.25, 0.3) is 0 Å². The first kappa shape index (κ1) is 12.8. The zero-order valence-electron chi connectivity index (χ0n) is 13.1. The number of fused-ring (bicyclic) bond motifs is 9. The van der Waals surface area contributed by atoms with Gasteiger partial charge in [0.1, 0.15) is 33.2 Å². The van der Waals surface area contributed by atoms with Crippen LogP contribution >= 0.6 is 0 Å². The van der Waals surface area contributed by atoms with E-state index in [1.165, 1.54) is 0 Å². The van der Waals surface area contributed by atoms with E-state index in [0.29, 0.717) is 0 Å². The Hall–Kier alpha value is -3.60. The summed E-state index contributed by atoms with van der Waals surface area (Å²) in [7, 11) is 0. The SMILES string of the molecule is c1ccc2nc3c(nc2c1)c1cccnc1c1nc2ccccn2c31. The van der Waals surface area contributed by atoms with Gasteiger partial charge in [0.2, 0.25) is 0 Å². The number of nitrogens with zero attached hydrogens (tertiary/aromatic N) is 5. The topological polar surface area (TPSA) is 56.0 Å². The van der Waals surface area contributed by atoms with Crippen molar-refractivity contribution in [2.45, 2.75) is 0 Å². The highest BCUT2D eigenvalue weighted by atomic mass is 15.0. The maximum absolute atomic E-state index is 4.93. The summed E-state index contributed by atoms with van der Waals surface area (Å²) < 4.78 is 2.06. The molecule has 4 aromatic heterocycles. The zero-order valence-corrected chi connectivity index (χ0v) is 13.1. The van der Waals surface area contributed by atoms with Crippen molar-refractivity contribution >= 4 is 49.7 Å². The van der Waals surface area contributed by atoms with Crippen LogP contribution in [0, 0.1) is 0 Å². The molecule has 25 heavy (non-hydrogen) atoms. The normalized spacial score (nSPS) is 12.0. The lowest BCUT2D eigenvalue weighted by Gasteiger charge is -2.06. The number of hydrogen-bond donors (Lipinski definition) is 0. The van der Waals surface area contributed by atoms with Gasteiger partial charge in [0, 0.05) is 17.8 Å². The molecule has 4 heterocycles. The molecule has 2 aromatic carbocycles. The van der Waals surface area contributed by atoms with Crippen molar-refractivity contribution in [1.82, 2.24) is 24.3 Å². The quantitative estimate of drug-likeness (QED) is 0.312. The Balaban J connectivity index is 2.03. The van der Waals surface area contributed by atoms with Gasteiger partial charge in [-0.05, 0) is 36.4 Å². The molecule has 6 aromatic rings. The van der Waals surface area contributed by atoms with Gasteiger partial charge in [-0.3, -0.25) is 9.38 Å². The molecular formula is C20H11N5. The van der Waals surface area contributed by atoms with E-state index >= 15 is 0 Å². The van der Waals surface area contributed by atoms with Crippen LogP contribution in [0.2, 0.25) is 0 Å². The van der Waals surface area contributed by atoms with Gasteiger partial charge in [-0.15, -0.1) is 0 Å². The van der Waals surface area contributed by atoms with E-state index in [0.717, 1.165) is 49.7 Å². The van der Waals surface area contributed by atoms with Crippen molar-refractivity contribution in [3.8, 4) is 0 Å². The van der Waals surface area contributed by atoms with Crippen LogP contribution in [0.3, 0.4) is 0 Å². The fourth-order valence-corrected chi connectivity index (χ4v) is 3.53. The number of pyridine rings is 2. The highest BCUT2D eigenvalue weighted by Gasteiger charge is 2.17. The smallest absolute Gasteiger partial charge is 0.138 e. The van der Waals surface area contributed by atoms with Crippen LogP contribution in [0.25, 0.3) is 49.7 Å². The third-order valence-corrected chi connectivity index (χ3v) is 4.61. The fourth-order valence-electron chi connectivity index (χ4n) is 3.53. The molecule has 0 aliphatic rings. The largest absolute Gasteiger partial charge is 0.298 e. The molecule has 0 spiro atoms. The summed E-state index contributed by atoms with van der Waals surface area (Å²) in [5.74, 6) is 0. The van der Waals surface area contributed by atoms with E-state index in [1.54, 1.807) is 6.20 Å². The molecular weight excluding hydrogens is 310 g/mol. The summed E-state index contributed by atoms with van der Waals surface area (Å²) in [4.78, 5) is 19.2. The first-order chi connectivity index (χ1) is 12.4. The van der Waals surface area contributed by atoms with Gasteiger partial charge < -0.3 is 0 Å². The van der Waals surface area contributed by atoms with Gasteiger partial charge in [0.05, 0.1) is 11.0 Å². The lowest BCUT2D eigenvalue weighted by Crippen LogP contribution is -1.93. The minimum atomic E-state index is 0.855. The predicted octanol–water partition coefficient (Wildman–Crippen LogP) is 4.13. The van der Waals surface area contributed by atoms with E-state index in [-0.39, 0.29) is 0 Å². The molecule has 0 N–H and O–H groups in total. The van der Waals surface area contributed by atoms with Crippen LogP contribution in [0.5, 0.6) is 0 Å². The van der Waals surface area contributed by atoms with Crippen molar-refractivity contribution in [3.05, 3.63) is 67.0 Å². The molecule has 0 aliphatic heterocycles. The lowest BCUT2D eigenvalue weighted by atomic mass is 10.1. The number of para-hydroxylation sites is 2. The molecule has 5 heteroatoms. The van der Waals surface area contributed by atoms with Gasteiger partial charge in [-0.25, -0.2) is 15.0 Å². The molecule has 0 saturated heterocycles. The number of imidazole rings is 1. The maximum Gasteiger partial charge on any atom is 0.138 e. The average molecular weight is 321 g/mol. The number of aromatic nitrogens is 5. The molecule has 0 atom stereocenters. The van der Waals surface area contributed by atoms with Crippen LogP contribution in [0.4, 0.5) is 0 Å². The summed E-state index contributed by atoms with van der Waals surface area (Å²) in [6.45, 7) is 0. The van der Waals surface area contributed by atoms with Crippen molar-refractivity contribution in [2.75, 3.05) is 0 Å². The first-order valence-corrected chi connectivity index (χ1v) is 8.10. The summed E-state index contributed by atoms with van der Waals surface area (Å²) in [5, 5.41) is 0.978. The van der Waals surface area contributed by atoms with Gasteiger partial charge in [-0.2, -0.15) is 0 Å². The second-order valence-electron chi connectivity index (χ2n) is 6.05. The molecule has 0 aliphatic carbocycles. The Morgan fingerprint density at radius 1 is 0.640 bits per heavy atom. The molecule has 6 rings (SSSR count). The van der Waals surface area contributed by atoms with Crippen LogP contribution < -0.4 is 0 Å². The molecule has 0 saturated carbocycles. The third kappa shape index (κ3) is 1.61. The molecule has 0 bridgehead atoms. The third-order valence-electron chi connectivity index (χ3n) is 4.61. The van der Waals surface area contributed by atoms with Crippen molar-refractivity contribution in [1.29, 1.82) is 0 Å². The Bertz CT molecular complexity index is 1450. The zero-order chi connectivity index (χ0) is 16.4. The second kappa shape index (κ2) is 4.48. The van der Waals surface area contributed by atoms with Crippen molar-refractivity contribution in [2.24, 2.45) is 0 Å². The van der Waals surface area contributed by atoms with E-state index in [9.17, 15) is 0 Å². The van der Waals surface area contributed by atoms with Gasteiger partial charge in [-0.1, -0.05) is 18.2 Å². The Morgan fingerprint density at radius 2 is 1.40 bits per heavy atom. The molecule has 0 radical (unpaired) electrons. The van der Waals surface area contributed by atoms with Gasteiger partial charge >= 0.3 is 0 Å². The van der Waals surface area contributed by atoms with Gasteiger partial charge in [0.15, 0.2) is 0 Å². The maximum atomic E-state index is 4.93. The van der Waals surface area contributed by atoms with Crippen molar-refractivity contribution in [3.63, 3.8) is 0 Å². The average Bonchev–Trinajstić information content (AvgIpc) is 3.07. The standard InChI is InChI=1S/C20H11N5/c1-2-8-14-13(7-1)22-17-12-6-5-10-21-16(12)18-20(19(17)23-14)25-11-4-3-9-15(25)24-18/h1-11H. The van der Waals surface area contributed by atoms with Crippen molar-refractivity contribution < 1.29 is 0 Å². The van der Waals surface area contributed by atoms with Crippen LogP contribution in [-0.2, 0) is 0 Å². The number of hydrogen-bond acceptors (Lipinski definition) is 4. The minimum Gasteiger partial charge on any atom is -0.298 e. The Kier molecular flexibility index (Phi) is 2.29. The van der Waals surface area contributed by atoms with E-state index in [4.69, 9.17) is 15.0 Å². The Labute approximate surface area is 141 Å². The highest BCUT2D eigenvalue weighted by molar-refractivity contribution is 6.21. The molecule has 0 amide bonds. The second-order valence-corrected chi connectivity index (χ2v) is 6.05. The fraction of sp³-hybridized carbons (Fsp3) is 0. The van der Waals surface area contributed by atoms with E-state index < -0.39 is 0 Å². The summed E-state index contributed by atoms with van der Waals surface area (Å²) >= 11 is 0. The predicted molar refractivity (Wildman–Crippen MR) is 98.6 cm³/mol. The molecule has 5 nitrogen and oxygen atoms in total. The monoisotopic (exact) mass is 321 g/mol. The highest BCUT2D eigenvalue weighted by Crippen LogP contribution is 2.33. The molecule has 116 valence electrons.